The molecule has 0 amide bonds. The number of allylic oxidation sites excluding steroid dienone is 3. The molecule has 0 unspecified atom stereocenters. The van der Waals surface area contributed by atoms with E-state index in [4.69, 9.17) is 10.5 Å². The molecule has 3 N–H and O–H groups in total. The van der Waals surface area contributed by atoms with Crippen LogP contribution in [0.25, 0.3) is 0 Å². The number of hydrogen-bond donors (Lipinski definition) is 2. The van der Waals surface area contributed by atoms with Crippen LogP contribution in [0.15, 0.2) is 53.3 Å². The zero-order valence-electron chi connectivity index (χ0n) is 14.8. The lowest BCUT2D eigenvalue weighted by atomic mass is 9.75. The van der Waals surface area contributed by atoms with Crippen molar-refractivity contribution < 1.29 is 9.53 Å². The highest BCUT2D eigenvalue weighted by Gasteiger charge is 2.41. The average Bonchev–Trinajstić information content (AvgIpc) is 3.21. The fraction of sp³-hybridized carbons (Fsp3) is 0.263. The summed E-state index contributed by atoms with van der Waals surface area (Å²) in [4.78, 5) is 18.7. The first kappa shape index (κ1) is 16.8. The highest BCUT2D eigenvalue weighted by atomic mass is 16.5. The third kappa shape index (κ3) is 2.64. The molecule has 8 nitrogen and oxygen atoms in total. The molecule has 0 saturated carbocycles. The summed E-state index contributed by atoms with van der Waals surface area (Å²) in [6.07, 6.45) is 3.21. The molecule has 0 bridgehead atoms. The van der Waals surface area contributed by atoms with Gasteiger partial charge in [0.2, 0.25) is 5.95 Å². The molecule has 0 saturated heterocycles. The first-order valence-corrected chi connectivity index (χ1v) is 8.61. The number of aromatic nitrogens is 3. The number of nitrogens with one attached hydrogen (secondary N) is 1. The summed E-state index contributed by atoms with van der Waals surface area (Å²) in [5.41, 5.74) is 8.87. The van der Waals surface area contributed by atoms with E-state index < -0.39 is 5.92 Å². The largest absolute Gasteiger partial charge is 0.497 e. The van der Waals surface area contributed by atoms with Gasteiger partial charge in [-0.1, -0.05) is 12.1 Å². The zero-order chi connectivity index (χ0) is 19.0. The smallest absolute Gasteiger partial charge is 0.231 e. The molecule has 0 spiro atoms. The molecule has 136 valence electrons. The second-order valence-electron chi connectivity index (χ2n) is 6.40. The Morgan fingerprint density at radius 3 is 2.96 bits per heavy atom. The number of nitrogens with zero attached hydrogens (tertiary/aromatic N) is 4. The van der Waals surface area contributed by atoms with Crippen LogP contribution in [0.5, 0.6) is 5.75 Å². The predicted octanol–water partition coefficient (Wildman–Crippen LogP) is 2.12. The van der Waals surface area contributed by atoms with Gasteiger partial charge in [-0.3, -0.25) is 9.69 Å². The number of nitriles is 1. The van der Waals surface area contributed by atoms with Gasteiger partial charge in [0.1, 0.15) is 17.9 Å². The maximum Gasteiger partial charge on any atom is 0.231 e. The van der Waals surface area contributed by atoms with E-state index in [0.29, 0.717) is 35.7 Å². The highest BCUT2D eigenvalue weighted by molar-refractivity contribution is 6.01. The van der Waals surface area contributed by atoms with E-state index in [-0.39, 0.29) is 11.6 Å². The van der Waals surface area contributed by atoms with Crippen LogP contribution in [0.3, 0.4) is 0 Å². The number of nitrogens with two attached hydrogens (primary N) is 1. The molecule has 1 atom stereocenters. The number of carbonyl (C=O) groups is 1. The molecule has 4 rings (SSSR count). The quantitative estimate of drug-likeness (QED) is 0.857. The first-order chi connectivity index (χ1) is 13.2. The van der Waals surface area contributed by atoms with Gasteiger partial charge in [0.05, 0.1) is 24.7 Å². The Balaban J connectivity index is 1.96. The SMILES string of the molecule is COc1cccc([C@H]2C(C#N)=C(N)N(c3ncn[nH]3)C3=C2C(=O)CCC3)c1. The van der Waals surface area contributed by atoms with Gasteiger partial charge in [0, 0.05) is 17.7 Å². The van der Waals surface area contributed by atoms with Crippen LogP contribution < -0.4 is 15.4 Å². The Kier molecular flexibility index (Phi) is 4.12. The molecule has 27 heavy (non-hydrogen) atoms. The lowest BCUT2D eigenvalue weighted by Gasteiger charge is -2.38. The number of ketones is 1. The Morgan fingerprint density at radius 1 is 1.41 bits per heavy atom. The summed E-state index contributed by atoms with van der Waals surface area (Å²) in [5.74, 6) is 0.814. The second kappa shape index (κ2) is 6.61. The van der Waals surface area contributed by atoms with Crippen LogP contribution in [0.1, 0.15) is 30.7 Å². The standard InChI is InChI=1S/C19H18N6O2/c1-27-12-5-2-4-11(8-12)16-13(9-20)18(21)25(19-22-10-23-24-19)14-6-3-7-15(26)17(14)16/h2,4-5,8,10,16H,3,6-7,21H2,1H3,(H,22,23,24)/t16-/m0/s1. The Bertz CT molecular complexity index is 999. The lowest BCUT2D eigenvalue weighted by molar-refractivity contribution is -0.116. The molecular formula is C19H18N6O2. The van der Waals surface area contributed by atoms with Gasteiger partial charge in [0.25, 0.3) is 0 Å². The third-order valence-corrected chi connectivity index (χ3v) is 4.95. The van der Waals surface area contributed by atoms with Crippen molar-refractivity contribution in [3.05, 3.63) is 58.8 Å². The second-order valence-corrected chi connectivity index (χ2v) is 6.40. The number of hydrogen-bond acceptors (Lipinski definition) is 7. The minimum absolute atomic E-state index is 0.0221. The number of ether oxygens (including phenoxy) is 1. The van der Waals surface area contributed by atoms with E-state index in [1.54, 1.807) is 12.0 Å². The van der Waals surface area contributed by atoms with Crippen LogP contribution in [0, 0.1) is 11.3 Å². The number of carbonyl (C=O) groups excluding carboxylic acids is 1. The zero-order valence-corrected chi connectivity index (χ0v) is 14.8. The van der Waals surface area contributed by atoms with E-state index in [9.17, 15) is 10.1 Å². The maximum atomic E-state index is 12.9. The molecule has 8 heteroatoms. The molecule has 2 aromatic rings. The van der Waals surface area contributed by atoms with Gasteiger partial charge in [0.15, 0.2) is 5.78 Å². The molecule has 1 aromatic carbocycles. The Hall–Kier alpha value is -3.60. The van der Waals surface area contributed by atoms with Crippen LogP contribution in [0.2, 0.25) is 0 Å². The predicted molar refractivity (Wildman–Crippen MR) is 97.3 cm³/mol. The van der Waals surface area contributed by atoms with Crippen molar-refractivity contribution >= 4 is 11.7 Å². The van der Waals surface area contributed by atoms with E-state index >= 15 is 0 Å². The van der Waals surface area contributed by atoms with Gasteiger partial charge in [-0.15, -0.1) is 0 Å². The number of Topliss-reactive ketones (excluding diaryl/α,β-unsaturated/α-hetero) is 1. The molecule has 1 aliphatic heterocycles. The summed E-state index contributed by atoms with van der Waals surface area (Å²) < 4.78 is 5.32. The van der Waals surface area contributed by atoms with Crippen LogP contribution in [-0.4, -0.2) is 28.1 Å². The minimum atomic E-state index is -0.521. The summed E-state index contributed by atoms with van der Waals surface area (Å²) in [6, 6.07) is 9.60. The minimum Gasteiger partial charge on any atom is -0.497 e. The summed E-state index contributed by atoms with van der Waals surface area (Å²) in [5, 5.41) is 16.5. The van der Waals surface area contributed by atoms with E-state index in [1.165, 1.54) is 6.33 Å². The van der Waals surface area contributed by atoms with Gasteiger partial charge in [-0.25, -0.2) is 5.10 Å². The molecule has 0 radical (unpaired) electrons. The summed E-state index contributed by atoms with van der Waals surface area (Å²) in [6.45, 7) is 0. The number of anilines is 1. The number of aromatic amines is 1. The van der Waals surface area contributed by atoms with Crippen LogP contribution >= 0.6 is 0 Å². The number of rotatable bonds is 3. The Morgan fingerprint density at radius 2 is 2.26 bits per heavy atom. The molecule has 0 fully saturated rings. The van der Waals surface area contributed by atoms with Crippen molar-refractivity contribution in [1.29, 1.82) is 5.26 Å². The molecular weight excluding hydrogens is 344 g/mol. The van der Waals surface area contributed by atoms with Gasteiger partial charge >= 0.3 is 0 Å². The van der Waals surface area contributed by atoms with Crippen molar-refractivity contribution in [3.63, 3.8) is 0 Å². The van der Waals surface area contributed by atoms with Crippen molar-refractivity contribution in [2.75, 3.05) is 12.0 Å². The van der Waals surface area contributed by atoms with E-state index in [2.05, 4.69) is 21.3 Å². The molecule has 1 aromatic heterocycles. The maximum absolute atomic E-state index is 12.9. The number of methoxy groups -OCH3 is 1. The van der Waals surface area contributed by atoms with Gasteiger partial charge in [-0.2, -0.15) is 15.3 Å². The molecule has 1 aliphatic carbocycles. The Labute approximate surface area is 155 Å². The van der Waals surface area contributed by atoms with Gasteiger partial charge in [-0.05, 0) is 30.5 Å². The van der Waals surface area contributed by atoms with Crippen molar-refractivity contribution in [1.82, 2.24) is 15.2 Å². The fourth-order valence-electron chi connectivity index (χ4n) is 3.79. The number of benzene rings is 1. The highest BCUT2D eigenvalue weighted by Crippen LogP contribution is 2.45. The topological polar surface area (TPSA) is 121 Å². The van der Waals surface area contributed by atoms with E-state index in [0.717, 1.165) is 17.7 Å². The number of H-pyrrole nitrogens is 1. The van der Waals surface area contributed by atoms with Crippen molar-refractivity contribution in [2.45, 2.75) is 25.2 Å². The first-order valence-electron chi connectivity index (χ1n) is 8.61. The summed E-state index contributed by atoms with van der Waals surface area (Å²) >= 11 is 0. The van der Waals surface area contributed by atoms with Crippen molar-refractivity contribution in [2.24, 2.45) is 5.73 Å². The van der Waals surface area contributed by atoms with Crippen molar-refractivity contribution in [3.8, 4) is 11.8 Å². The van der Waals surface area contributed by atoms with Gasteiger partial charge < -0.3 is 10.5 Å². The molecule has 2 aliphatic rings. The average molecular weight is 362 g/mol. The monoisotopic (exact) mass is 362 g/mol. The third-order valence-electron chi connectivity index (χ3n) is 4.95. The lowest BCUT2D eigenvalue weighted by Crippen LogP contribution is -2.39. The van der Waals surface area contributed by atoms with Crippen LogP contribution in [-0.2, 0) is 4.79 Å². The fourth-order valence-corrected chi connectivity index (χ4v) is 3.79. The normalized spacial score (nSPS) is 19.8. The summed E-state index contributed by atoms with van der Waals surface area (Å²) in [7, 11) is 1.58. The molecule has 2 heterocycles. The van der Waals surface area contributed by atoms with E-state index in [1.807, 2.05) is 24.3 Å². The van der Waals surface area contributed by atoms with Crippen LogP contribution in [0.4, 0.5) is 5.95 Å².